The fraction of sp³-hybridized carbons (Fsp3) is 0.455. The number of aliphatic carboxylic acids is 1. The van der Waals surface area contributed by atoms with Crippen molar-refractivity contribution >= 4 is 11.9 Å². The zero-order chi connectivity index (χ0) is 13.1. The average Bonchev–Trinajstić information content (AvgIpc) is 3.19. The van der Waals surface area contributed by atoms with Crippen molar-refractivity contribution in [2.75, 3.05) is 13.7 Å². The lowest BCUT2D eigenvalue weighted by Gasteiger charge is -2.19. The van der Waals surface area contributed by atoms with Gasteiger partial charge in [0.15, 0.2) is 5.69 Å². The van der Waals surface area contributed by atoms with Gasteiger partial charge in [-0.2, -0.15) is 0 Å². The molecule has 1 aromatic heterocycles. The lowest BCUT2D eigenvalue weighted by molar-refractivity contribution is -0.137. The molecule has 2 rings (SSSR count). The Kier molecular flexibility index (Phi) is 3.40. The molecule has 1 N–H and O–H groups in total. The van der Waals surface area contributed by atoms with Crippen LogP contribution in [0.2, 0.25) is 0 Å². The Morgan fingerprint density at radius 2 is 2.17 bits per heavy atom. The Bertz CT molecular complexity index is 456. The van der Waals surface area contributed by atoms with E-state index in [1.165, 1.54) is 24.1 Å². The lowest BCUT2D eigenvalue weighted by Crippen LogP contribution is -2.37. The molecule has 7 heteroatoms. The summed E-state index contributed by atoms with van der Waals surface area (Å²) in [5.41, 5.74) is 0.129. The summed E-state index contributed by atoms with van der Waals surface area (Å²) in [7, 11) is 1.45. The summed E-state index contributed by atoms with van der Waals surface area (Å²) in [5.74, 6) is -1.13. The van der Waals surface area contributed by atoms with Gasteiger partial charge in [0, 0.05) is 12.1 Å². The van der Waals surface area contributed by atoms with E-state index in [0.29, 0.717) is 5.88 Å². The Hall–Kier alpha value is -2.18. The van der Waals surface area contributed by atoms with Gasteiger partial charge in [-0.25, -0.2) is 0 Å². The second-order valence-corrected chi connectivity index (χ2v) is 4.02. The van der Waals surface area contributed by atoms with E-state index >= 15 is 0 Å². The largest absolute Gasteiger partial charge is 0.480 e. The van der Waals surface area contributed by atoms with Crippen molar-refractivity contribution in [1.82, 2.24) is 15.1 Å². The van der Waals surface area contributed by atoms with Crippen molar-refractivity contribution in [3.63, 3.8) is 0 Å². The molecule has 1 aromatic rings. The summed E-state index contributed by atoms with van der Waals surface area (Å²) >= 11 is 0. The van der Waals surface area contributed by atoms with Crippen LogP contribution in [0.4, 0.5) is 0 Å². The molecule has 1 heterocycles. The molecule has 0 bridgehead atoms. The Balaban J connectivity index is 2.13. The molecule has 0 radical (unpaired) electrons. The molecular weight excluding hydrogens is 238 g/mol. The number of methoxy groups -OCH3 is 1. The number of rotatable bonds is 5. The van der Waals surface area contributed by atoms with Crippen molar-refractivity contribution in [3.05, 3.63) is 17.8 Å². The molecule has 1 aliphatic carbocycles. The Morgan fingerprint density at radius 3 is 2.61 bits per heavy atom. The van der Waals surface area contributed by atoms with Gasteiger partial charge in [-0.05, 0) is 18.9 Å². The van der Waals surface area contributed by atoms with E-state index in [4.69, 9.17) is 9.84 Å². The number of nitrogens with zero attached hydrogens (tertiary/aromatic N) is 3. The van der Waals surface area contributed by atoms with Gasteiger partial charge in [-0.3, -0.25) is 9.59 Å². The third-order valence-corrected chi connectivity index (χ3v) is 2.62. The first-order valence-corrected chi connectivity index (χ1v) is 5.52. The SMILES string of the molecule is COc1ccc(C(=O)N(CC(=O)O)C2CC2)nn1. The van der Waals surface area contributed by atoms with E-state index in [9.17, 15) is 9.59 Å². The number of carbonyl (C=O) groups excluding carboxylic acids is 1. The van der Waals surface area contributed by atoms with Crippen LogP contribution in [-0.2, 0) is 4.79 Å². The molecule has 1 amide bonds. The molecule has 0 atom stereocenters. The Morgan fingerprint density at radius 1 is 1.44 bits per heavy atom. The molecule has 0 spiro atoms. The highest BCUT2D eigenvalue weighted by Crippen LogP contribution is 2.27. The maximum atomic E-state index is 12.1. The first-order valence-electron chi connectivity index (χ1n) is 5.52. The summed E-state index contributed by atoms with van der Waals surface area (Å²) in [6, 6.07) is 3.01. The predicted octanol–water partition coefficient (Wildman–Crippen LogP) is 0.174. The number of carboxylic acid groups (broad SMARTS) is 1. The van der Waals surface area contributed by atoms with Crippen molar-refractivity contribution in [1.29, 1.82) is 0 Å². The molecule has 1 fully saturated rings. The first kappa shape index (κ1) is 12.3. The van der Waals surface area contributed by atoms with Gasteiger partial charge < -0.3 is 14.7 Å². The maximum Gasteiger partial charge on any atom is 0.323 e. The second kappa shape index (κ2) is 4.99. The van der Waals surface area contributed by atoms with Crippen LogP contribution >= 0.6 is 0 Å². The normalized spacial score (nSPS) is 14.1. The fourth-order valence-corrected chi connectivity index (χ4v) is 1.59. The van der Waals surface area contributed by atoms with Gasteiger partial charge in [-0.15, -0.1) is 10.2 Å². The summed E-state index contributed by atoms with van der Waals surface area (Å²) < 4.78 is 4.84. The molecule has 0 aromatic carbocycles. The molecule has 7 nitrogen and oxygen atoms in total. The highest BCUT2D eigenvalue weighted by Gasteiger charge is 2.34. The van der Waals surface area contributed by atoms with E-state index in [-0.39, 0.29) is 18.3 Å². The maximum absolute atomic E-state index is 12.1. The van der Waals surface area contributed by atoms with Crippen LogP contribution in [0, 0.1) is 0 Å². The Labute approximate surface area is 103 Å². The molecule has 18 heavy (non-hydrogen) atoms. The summed E-state index contributed by atoms with van der Waals surface area (Å²) in [6.07, 6.45) is 1.67. The van der Waals surface area contributed by atoms with E-state index in [2.05, 4.69) is 10.2 Å². The quantitative estimate of drug-likeness (QED) is 0.802. The monoisotopic (exact) mass is 251 g/mol. The number of carboxylic acids is 1. The zero-order valence-electron chi connectivity index (χ0n) is 9.87. The minimum absolute atomic E-state index is 0.0116. The molecule has 1 aliphatic rings. The lowest BCUT2D eigenvalue weighted by atomic mass is 10.3. The van der Waals surface area contributed by atoms with Crippen LogP contribution < -0.4 is 4.74 Å². The van der Waals surface area contributed by atoms with Crippen molar-refractivity contribution in [2.45, 2.75) is 18.9 Å². The van der Waals surface area contributed by atoms with Crippen LogP contribution in [0.1, 0.15) is 23.3 Å². The number of ether oxygens (including phenoxy) is 1. The van der Waals surface area contributed by atoms with Crippen LogP contribution in [0.25, 0.3) is 0 Å². The number of carbonyl (C=O) groups is 2. The number of amides is 1. The van der Waals surface area contributed by atoms with Crippen LogP contribution in [0.5, 0.6) is 5.88 Å². The third-order valence-electron chi connectivity index (χ3n) is 2.62. The van der Waals surface area contributed by atoms with E-state index < -0.39 is 11.9 Å². The minimum Gasteiger partial charge on any atom is -0.480 e. The van der Waals surface area contributed by atoms with Gasteiger partial charge >= 0.3 is 5.97 Å². The van der Waals surface area contributed by atoms with E-state index in [1.54, 1.807) is 0 Å². The van der Waals surface area contributed by atoms with Gasteiger partial charge in [0.2, 0.25) is 5.88 Å². The molecule has 96 valence electrons. The van der Waals surface area contributed by atoms with Gasteiger partial charge in [-0.1, -0.05) is 0 Å². The third kappa shape index (κ3) is 2.73. The number of aromatic nitrogens is 2. The van der Waals surface area contributed by atoms with Crippen LogP contribution in [-0.4, -0.2) is 51.8 Å². The summed E-state index contributed by atoms with van der Waals surface area (Å²) in [6.45, 7) is -0.308. The predicted molar refractivity (Wildman–Crippen MR) is 60.3 cm³/mol. The van der Waals surface area contributed by atoms with Gasteiger partial charge in [0.05, 0.1) is 7.11 Å². The highest BCUT2D eigenvalue weighted by atomic mass is 16.5. The minimum atomic E-state index is -1.03. The molecular formula is C11H13N3O4. The topological polar surface area (TPSA) is 92.6 Å². The smallest absolute Gasteiger partial charge is 0.323 e. The highest BCUT2D eigenvalue weighted by molar-refractivity contribution is 5.94. The molecule has 0 unspecified atom stereocenters. The van der Waals surface area contributed by atoms with Crippen molar-refractivity contribution in [2.24, 2.45) is 0 Å². The second-order valence-electron chi connectivity index (χ2n) is 4.02. The van der Waals surface area contributed by atoms with Crippen molar-refractivity contribution in [3.8, 4) is 5.88 Å². The van der Waals surface area contributed by atoms with E-state index in [1.807, 2.05) is 0 Å². The molecule has 0 saturated heterocycles. The molecule has 1 saturated carbocycles. The van der Waals surface area contributed by atoms with Gasteiger partial charge in [0.25, 0.3) is 5.91 Å². The number of hydrogen-bond donors (Lipinski definition) is 1. The summed E-state index contributed by atoms with van der Waals surface area (Å²) in [5, 5.41) is 16.2. The molecule has 0 aliphatic heterocycles. The van der Waals surface area contributed by atoms with Crippen LogP contribution in [0.15, 0.2) is 12.1 Å². The van der Waals surface area contributed by atoms with Gasteiger partial charge in [0.1, 0.15) is 6.54 Å². The fourth-order valence-electron chi connectivity index (χ4n) is 1.59. The average molecular weight is 251 g/mol. The van der Waals surface area contributed by atoms with Crippen LogP contribution in [0.3, 0.4) is 0 Å². The van der Waals surface area contributed by atoms with Crippen molar-refractivity contribution < 1.29 is 19.4 Å². The standard InChI is InChI=1S/C11H13N3O4/c1-18-9-5-4-8(12-13-9)11(17)14(6-10(15)16)7-2-3-7/h4-5,7H,2-3,6H2,1H3,(H,15,16). The number of hydrogen-bond acceptors (Lipinski definition) is 5. The summed E-state index contributed by atoms with van der Waals surface area (Å²) in [4.78, 5) is 24.1. The van der Waals surface area contributed by atoms with E-state index in [0.717, 1.165) is 12.8 Å². The zero-order valence-corrected chi connectivity index (χ0v) is 9.87. The first-order chi connectivity index (χ1) is 8.61.